The molecule has 1 N–H and O–H groups in total. The van der Waals surface area contributed by atoms with Crippen LogP contribution in [0, 0.1) is 0 Å². The molecular weight excluding hydrogens is 573 g/mol. The molecule has 2 aliphatic heterocycles. The predicted octanol–water partition coefficient (Wildman–Crippen LogP) is 4.65. The van der Waals surface area contributed by atoms with Gasteiger partial charge in [-0.15, -0.1) is 0 Å². The number of hydrogen-bond acceptors (Lipinski definition) is 7. The number of piperidine rings is 1. The van der Waals surface area contributed by atoms with Gasteiger partial charge in [-0.2, -0.15) is 24.5 Å². The van der Waals surface area contributed by atoms with Gasteiger partial charge < -0.3 is 19.9 Å². The van der Waals surface area contributed by atoms with E-state index in [9.17, 15) is 36.3 Å². The summed E-state index contributed by atoms with van der Waals surface area (Å²) in [5.74, 6) is -4.32. The van der Waals surface area contributed by atoms with Gasteiger partial charge in [0.15, 0.2) is 11.5 Å². The average molecular weight is 604 g/mol. The number of aromatic nitrogens is 2. The summed E-state index contributed by atoms with van der Waals surface area (Å²) in [5, 5.41) is 5.79. The highest BCUT2D eigenvalue weighted by Crippen LogP contribution is 2.36. The Bertz CT molecular complexity index is 1300. The molecule has 0 radical (unpaired) electrons. The van der Waals surface area contributed by atoms with Gasteiger partial charge in [0.2, 0.25) is 11.8 Å². The van der Waals surface area contributed by atoms with Gasteiger partial charge in [-0.05, 0) is 38.6 Å². The second-order valence-electron chi connectivity index (χ2n) is 11.1. The number of ether oxygens (including phenoxy) is 1. The average Bonchev–Trinajstić information content (AvgIpc) is 3.38. The minimum atomic E-state index is -4.73. The Kier molecular flexibility index (Phi) is 8.58. The van der Waals surface area contributed by atoms with Crippen molar-refractivity contribution in [1.82, 2.24) is 25.1 Å². The molecule has 2 aromatic rings. The standard InChI is InChI=1S/C26H30F5N5O4S/c1-24(2,3)40-23(39)32-16(11-36-14-25(27,28)7-4-19(36)37)10-20(38)35-8-5-17-18(12-35)33-22(15-6-9-41-13-15)34-21(17)26(29,30)31/h6,9,13,16H,4-5,7-8,10-12,14H2,1-3H3,(H,32,39)/t16-/m0/s1. The Morgan fingerprint density at radius 1 is 1.20 bits per heavy atom. The van der Waals surface area contributed by atoms with Crippen molar-refractivity contribution in [3.05, 3.63) is 33.8 Å². The first-order valence-corrected chi connectivity index (χ1v) is 13.9. The predicted molar refractivity (Wildman–Crippen MR) is 138 cm³/mol. The first-order chi connectivity index (χ1) is 19.0. The van der Waals surface area contributed by atoms with E-state index in [1.165, 1.54) is 16.2 Å². The van der Waals surface area contributed by atoms with E-state index in [1.54, 1.807) is 37.6 Å². The highest BCUT2D eigenvalue weighted by Gasteiger charge is 2.41. The van der Waals surface area contributed by atoms with Gasteiger partial charge in [-0.25, -0.2) is 23.5 Å². The molecule has 0 spiro atoms. The van der Waals surface area contributed by atoms with Crippen molar-refractivity contribution in [2.45, 2.75) is 76.7 Å². The third-order valence-electron chi connectivity index (χ3n) is 6.53. The topological polar surface area (TPSA) is 105 Å². The van der Waals surface area contributed by atoms with E-state index >= 15 is 0 Å². The highest BCUT2D eigenvalue weighted by atomic mass is 32.1. The quantitative estimate of drug-likeness (QED) is 0.483. The van der Waals surface area contributed by atoms with Gasteiger partial charge in [0.1, 0.15) is 5.60 Å². The number of nitrogens with one attached hydrogen (secondary N) is 1. The maximum Gasteiger partial charge on any atom is 0.433 e. The fraction of sp³-hybridized carbons (Fsp3) is 0.577. The zero-order valence-corrected chi connectivity index (χ0v) is 23.5. The van der Waals surface area contributed by atoms with Gasteiger partial charge in [-0.3, -0.25) is 9.59 Å². The summed E-state index contributed by atoms with van der Waals surface area (Å²) in [6, 6.07) is 0.505. The number of halogens is 5. The van der Waals surface area contributed by atoms with Crippen molar-refractivity contribution in [2.24, 2.45) is 0 Å². The number of carbonyl (C=O) groups is 3. The monoisotopic (exact) mass is 603 g/mol. The summed E-state index contributed by atoms with van der Waals surface area (Å²) >= 11 is 1.27. The first kappa shape index (κ1) is 30.6. The van der Waals surface area contributed by atoms with E-state index in [0.717, 1.165) is 4.90 Å². The molecule has 0 saturated carbocycles. The third-order valence-corrected chi connectivity index (χ3v) is 7.21. The minimum absolute atomic E-state index is 0.0515. The third kappa shape index (κ3) is 7.89. The van der Waals surface area contributed by atoms with Crippen LogP contribution in [0.25, 0.3) is 11.4 Å². The zero-order valence-electron chi connectivity index (χ0n) is 22.7. The van der Waals surface area contributed by atoms with Crippen LogP contribution >= 0.6 is 11.3 Å². The highest BCUT2D eigenvalue weighted by molar-refractivity contribution is 7.08. The number of nitrogens with zero attached hydrogens (tertiary/aromatic N) is 4. The summed E-state index contributed by atoms with van der Waals surface area (Å²) in [6.45, 7) is 3.32. The largest absolute Gasteiger partial charge is 0.444 e. The Morgan fingerprint density at radius 3 is 2.56 bits per heavy atom. The molecule has 1 fully saturated rings. The van der Waals surface area contributed by atoms with Crippen LogP contribution in [-0.2, 0) is 33.5 Å². The van der Waals surface area contributed by atoms with Crippen molar-refractivity contribution in [3.63, 3.8) is 0 Å². The van der Waals surface area contributed by atoms with Crippen molar-refractivity contribution < 1.29 is 41.1 Å². The number of hydrogen-bond donors (Lipinski definition) is 1. The lowest BCUT2D eigenvalue weighted by atomic mass is 10.0. The minimum Gasteiger partial charge on any atom is -0.444 e. The van der Waals surface area contributed by atoms with Gasteiger partial charge in [0.05, 0.1) is 24.8 Å². The summed E-state index contributed by atoms with van der Waals surface area (Å²) < 4.78 is 74.9. The molecule has 0 aliphatic carbocycles. The summed E-state index contributed by atoms with van der Waals surface area (Å²) in [4.78, 5) is 48.5. The van der Waals surface area contributed by atoms with E-state index in [2.05, 4.69) is 15.3 Å². The lowest BCUT2D eigenvalue weighted by Crippen LogP contribution is -2.53. The number of likely N-dealkylation sites (tertiary alicyclic amines) is 1. The van der Waals surface area contributed by atoms with E-state index in [1.807, 2.05) is 0 Å². The number of rotatable bonds is 6. The molecule has 0 bridgehead atoms. The Balaban J connectivity index is 1.55. The molecule has 0 unspecified atom stereocenters. The van der Waals surface area contributed by atoms with Crippen molar-refractivity contribution >= 4 is 29.2 Å². The second kappa shape index (κ2) is 11.5. The number of amides is 3. The molecule has 9 nitrogen and oxygen atoms in total. The fourth-order valence-corrected chi connectivity index (χ4v) is 5.34. The Labute approximate surface area is 237 Å². The van der Waals surface area contributed by atoms with Crippen LogP contribution in [0.3, 0.4) is 0 Å². The molecule has 224 valence electrons. The van der Waals surface area contributed by atoms with Gasteiger partial charge in [0, 0.05) is 48.9 Å². The van der Waals surface area contributed by atoms with E-state index in [4.69, 9.17) is 4.74 Å². The van der Waals surface area contributed by atoms with Crippen LogP contribution < -0.4 is 5.32 Å². The molecule has 15 heteroatoms. The van der Waals surface area contributed by atoms with Crippen LogP contribution in [0.5, 0.6) is 0 Å². The van der Waals surface area contributed by atoms with Gasteiger partial charge in [0.25, 0.3) is 5.92 Å². The van der Waals surface area contributed by atoms with Crippen molar-refractivity contribution in [1.29, 1.82) is 0 Å². The molecule has 2 aromatic heterocycles. The molecule has 4 heterocycles. The van der Waals surface area contributed by atoms with E-state index in [0.29, 0.717) is 5.56 Å². The second-order valence-corrected chi connectivity index (χ2v) is 11.9. The molecule has 1 atom stereocenters. The number of thiophene rings is 1. The summed E-state index contributed by atoms with van der Waals surface area (Å²) in [6.07, 6.45) is -7.15. The normalized spacial score (nSPS) is 18.1. The van der Waals surface area contributed by atoms with Crippen LogP contribution in [-0.4, -0.2) is 74.9 Å². The molecule has 41 heavy (non-hydrogen) atoms. The summed E-state index contributed by atoms with van der Waals surface area (Å²) in [5.41, 5.74) is -1.57. The Morgan fingerprint density at radius 2 is 1.93 bits per heavy atom. The lowest BCUT2D eigenvalue weighted by molar-refractivity contribution is -0.148. The maximum absolute atomic E-state index is 14.0. The van der Waals surface area contributed by atoms with Gasteiger partial charge >= 0.3 is 12.3 Å². The maximum atomic E-state index is 14.0. The Hall–Kier alpha value is -3.36. The van der Waals surface area contributed by atoms with Gasteiger partial charge in [-0.1, -0.05) is 0 Å². The smallest absolute Gasteiger partial charge is 0.433 e. The number of carbonyl (C=O) groups excluding carboxylic acids is 3. The SMILES string of the molecule is CC(C)(C)OC(=O)N[C@@H](CC(=O)N1CCc2c(nc(-c3ccsc3)nc2C(F)(F)F)C1)CN1CC(F)(F)CCC1=O. The lowest BCUT2D eigenvalue weighted by Gasteiger charge is -2.36. The van der Waals surface area contributed by atoms with Crippen molar-refractivity contribution in [3.8, 4) is 11.4 Å². The van der Waals surface area contributed by atoms with Crippen molar-refractivity contribution in [2.75, 3.05) is 19.6 Å². The zero-order chi connectivity index (χ0) is 30.2. The number of alkyl halides is 5. The van der Waals surface area contributed by atoms with Crippen LogP contribution in [0.2, 0.25) is 0 Å². The molecule has 0 aromatic carbocycles. The van der Waals surface area contributed by atoms with Crippen LogP contribution in [0.15, 0.2) is 16.8 Å². The van der Waals surface area contributed by atoms with E-state index < -0.39 is 66.7 Å². The van der Waals surface area contributed by atoms with Crippen LogP contribution in [0.4, 0.5) is 26.7 Å². The van der Waals surface area contributed by atoms with Crippen LogP contribution in [0.1, 0.15) is 57.0 Å². The molecule has 1 saturated heterocycles. The molecular formula is C26H30F5N5O4S. The molecule has 3 amide bonds. The molecule has 2 aliphatic rings. The fourth-order valence-electron chi connectivity index (χ4n) is 4.70. The molecule has 4 rings (SSSR count). The number of alkyl carbamates (subject to hydrolysis) is 1. The first-order valence-electron chi connectivity index (χ1n) is 12.9. The summed E-state index contributed by atoms with van der Waals surface area (Å²) in [7, 11) is 0. The van der Waals surface area contributed by atoms with E-state index in [-0.39, 0.29) is 49.6 Å². The number of fused-ring (bicyclic) bond motifs is 1.